The largest absolute Gasteiger partial charge is 0.464 e. The number of hydrogen-bond donors (Lipinski definition) is 1. The molecule has 0 spiro atoms. The molecule has 0 aliphatic carbocycles. The molecule has 7 nitrogen and oxygen atoms in total. The molecule has 20 heavy (non-hydrogen) atoms. The van der Waals surface area contributed by atoms with Gasteiger partial charge in [0.25, 0.3) is 0 Å². The van der Waals surface area contributed by atoms with Crippen molar-refractivity contribution in [2.45, 2.75) is 32.7 Å². The predicted molar refractivity (Wildman–Crippen MR) is 73.1 cm³/mol. The Hall–Kier alpha value is -2.05. The van der Waals surface area contributed by atoms with Gasteiger partial charge in [0.05, 0.1) is 7.11 Å². The minimum atomic E-state index is -0.560. The van der Waals surface area contributed by atoms with Crippen molar-refractivity contribution in [1.82, 2.24) is 14.5 Å². The van der Waals surface area contributed by atoms with E-state index in [0.717, 1.165) is 25.9 Å². The number of ether oxygens (including phenoxy) is 1. The predicted octanol–water partition coefficient (Wildman–Crippen LogP) is 0.573. The third-order valence-corrected chi connectivity index (χ3v) is 3.58. The van der Waals surface area contributed by atoms with Gasteiger partial charge >= 0.3 is 5.97 Å². The minimum Gasteiger partial charge on any atom is -0.464 e. The maximum absolute atomic E-state index is 12.0. The topological polar surface area (TPSA) is 90.4 Å². The highest BCUT2D eigenvalue weighted by Crippen LogP contribution is 2.17. The minimum absolute atomic E-state index is 0.110. The molecular weight excluding hydrogens is 260 g/mol. The van der Waals surface area contributed by atoms with Crippen molar-refractivity contribution >= 4 is 17.7 Å². The van der Waals surface area contributed by atoms with Crippen LogP contribution in [0.4, 0.5) is 5.82 Å². The molecule has 0 atom stereocenters. The fraction of sp³-hybridized carbons (Fsp3) is 0.615. The van der Waals surface area contributed by atoms with Crippen molar-refractivity contribution < 1.29 is 14.3 Å². The highest BCUT2D eigenvalue weighted by molar-refractivity contribution is 5.92. The number of aryl methyl sites for hydroxylation is 1. The maximum Gasteiger partial charge on any atom is 0.360 e. The van der Waals surface area contributed by atoms with Gasteiger partial charge in [-0.05, 0) is 19.8 Å². The Kier molecular flexibility index (Phi) is 4.26. The van der Waals surface area contributed by atoms with Crippen LogP contribution in [0.3, 0.4) is 0 Å². The first-order chi connectivity index (χ1) is 9.54. The van der Waals surface area contributed by atoms with Gasteiger partial charge in [0.15, 0.2) is 5.69 Å². The van der Waals surface area contributed by atoms with Gasteiger partial charge in [-0.2, -0.15) is 0 Å². The molecule has 0 aromatic carbocycles. The Bertz CT molecular complexity index is 518. The van der Waals surface area contributed by atoms with Gasteiger partial charge in [0.1, 0.15) is 11.6 Å². The molecule has 0 bridgehead atoms. The molecule has 1 aliphatic rings. The molecule has 110 valence electrons. The van der Waals surface area contributed by atoms with Crippen LogP contribution in [0.1, 0.15) is 35.6 Å². The Morgan fingerprint density at radius 2 is 2.00 bits per heavy atom. The molecular formula is C13H20N4O3. The lowest BCUT2D eigenvalue weighted by molar-refractivity contribution is -0.130. The van der Waals surface area contributed by atoms with Crippen molar-refractivity contribution in [3.8, 4) is 0 Å². The van der Waals surface area contributed by atoms with Crippen LogP contribution in [0.25, 0.3) is 0 Å². The second kappa shape index (κ2) is 5.94. The summed E-state index contributed by atoms with van der Waals surface area (Å²) in [5.41, 5.74) is 6.00. The number of methoxy groups -OCH3 is 1. The van der Waals surface area contributed by atoms with E-state index in [1.165, 1.54) is 7.11 Å². The molecule has 1 saturated heterocycles. The lowest BCUT2D eigenvalue weighted by Crippen LogP contribution is -2.28. The van der Waals surface area contributed by atoms with E-state index in [0.29, 0.717) is 18.8 Å². The number of amides is 1. The van der Waals surface area contributed by atoms with Crippen LogP contribution >= 0.6 is 0 Å². The van der Waals surface area contributed by atoms with Crippen LogP contribution in [0.15, 0.2) is 0 Å². The van der Waals surface area contributed by atoms with E-state index in [1.54, 1.807) is 11.5 Å². The highest BCUT2D eigenvalue weighted by Gasteiger charge is 2.21. The number of imidazole rings is 1. The van der Waals surface area contributed by atoms with E-state index in [4.69, 9.17) is 5.73 Å². The molecule has 2 N–H and O–H groups in total. The molecule has 2 rings (SSSR count). The zero-order chi connectivity index (χ0) is 14.7. The Morgan fingerprint density at radius 3 is 2.60 bits per heavy atom. The fourth-order valence-corrected chi connectivity index (χ4v) is 2.44. The number of anilines is 1. The van der Waals surface area contributed by atoms with Gasteiger partial charge in [-0.3, -0.25) is 4.79 Å². The number of likely N-dealkylation sites (tertiary alicyclic amines) is 1. The lowest BCUT2D eigenvalue weighted by Gasteiger charge is -2.15. The normalized spacial score (nSPS) is 14.6. The summed E-state index contributed by atoms with van der Waals surface area (Å²) in [6, 6.07) is 0. The first kappa shape index (κ1) is 14.4. The molecule has 1 amide bonds. The maximum atomic E-state index is 12.0. The second-order valence-corrected chi connectivity index (χ2v) is 4.87. The van der Waals surface area contributed by atoms with Gasteiger partial charge in [-0.25, -0.2) is 9.78 Å². The van der Waals surface area contributed by atoms with Gasteiger partial charge in [0.2, 0.25) is 5.91 Å². The summed E-state index contributed by atoms with van der Waals surface area (Å²) in [5, 5.41) is 0. The van der Waals surface area contributed by atoms with Crippen LogP contribution in [0, 0.1) is 6.92 Å². The summed E-state index contributed by atoms with van der Waals surface area (Å²) in [5.74, 6) is 0.422. The zero-order valence-electron chi connectivity index (χ0n) is 11.9. The van der Waals surface area contributed by atoms with Crippen LogP contribution in [0.2, 0.25) is 0 Å². The van der Waals surface area contributed by atoms with E-state index < -0.39 is 5.97 Å². The van der Waals surface area contributed by atoms with Crippen LogP contribution in [-0.2, 0) is 16.1 Å². The molecule has 0 radical (unpaired) electrons. The summed E-state index contributed by atoms with van der Waals surface area (Å²) >= 11 is 0. The van der Waals surface area contributed by atoms with Crippen molar-refractivity contribution in [2.75, 3.05) is 25.9 Å². The number of rotatable bonds is 4. The van der Waals surface area contributed by atoms with Gasteiger partial charge in [-0.1, -0.05) is 0 Å². The number of esters is 1. The first-order valence-electron chi connectivity index (χ1n) is 6.73. The van der Waals surface area contributed by atoms with Gasteiger partial charge in [0, 0.05) is 26.1 Å². The quantitative estimate of drug-likeness (QED) is 0.814. The smallest absolute Gasteiger partial charge is 0.360 e. The van der Waals surface area contributed by atoms with E-state index in [-0.39, 0.29) is 17.4 Å². The third kappa shape index (κ3) is 2.76. The van der Waals surface area contributed by atoms with E-state index in [9.17, 15) is 9.59 Å². The molecule has 1 aromatic heterocycles. The number of carbonyl (C=O) groups is 2. The van der Waals surface area contributed by atoms with Crippen molar-refractivity contribution in [2.24, 2.45) is 0 Å². The molecule has 1 aliphatic heterocycles. The highest BCUT2D eigenvalue weighted by atomic mass is 16.5. The molecule has 0 unspecified atom stereocenters. The molecule has 7 heteroatoms. The van der Waals surface area contributed by atoms with E-state index in [1.807, 2.05) is 4.90 Å². The third-order valence-electron chi connectivity index (χ3n) is 3.58. The standard InChI is InChI=1S/C13H20N4O3/c1-9-15-11(13(19)20-2)12(14)17(9)8-5-10(18)16-6-3-4-7-16/h3-8,14H2,1-2H3. The second-order valence-electron chi connectivity index (χ2n) is 4.87. The zero-order valence-corrected chi connectivity index (χ0v) is 11.9. The molecule has 0 saturated carbocycles. The van der Waals surface area contributed by atoms with Crippen molar-refractivity contribution in [3.63, 3.8) is 0 Å². The summed E-state index contributed by atoms with van der Waals surface area (Å²) in [4.78, 5) is 29.5. The number of nitrogens with two attached hydrogens (primary N) is 1. The average Bonchev–Trinajstić information content (AvgIpc) is 3.05. The number of nitrogens with zero attached hydrogens (tertiary/aromatic N) is 3. The van der Waals surface area contributed by atoms with Crippen molar-refractivity contribution in [1.29, 1.82) is 0 Å². The van der Waals surface area contributed by atoms with E-state index >= 15 is 0 Å². The van der Waals surface area contributed by atoms with E-state index in [2.05, 4.69) is 9.72 Å². The lowest BCUT2D eigenvalue weighted by atomic mass is 10.3. The Morgan fingerprint density at radius 1 is 1.35 bits per heavy atom. The summed E-state index contributed by atoms with van der Waals surface area (Å²) < 4.78 is 6.30. The van der Waals surface area contributed by atoms with Gasteiger partial charge in [-0.15, -0.1) is 0 Å². The summed E-state index contributed by atoms with van der Waals surface area (Å²) in [7, 11) is 1.28. The Labute approximate surface area is 117 Å². The molecule has 1 aromatic rings. The monoisotopic (exact) mass is 280 g/mol. The Balaban J connectivity index is 2.04. The fourth-order valence-electron chi connectivity index (χ4n) is 2.44. The van der Waals surface area contributed by atoms with Gasteiger partial charge < -0.3 is 19.9 Å². The van der Waals surface area contributed by atoms with Crippen LogP contribution in [-0.4, -0.2) is 46.5 Å². The average molecular weight is 280 g/mol. The SMILES string of the molecule is COC(=O)c1nc(C)n(CCC(=O)N2CCCC2)c1N. The number of hydrogen-bond acceptors (Lipinski definition) is 5. The van der Waals surface area contributed by atoms with Crippen LogP contribution in [0.5, 0.6) is 0 Å². The number of carbonyl (C=O) groups excluding carboxylic acids is 2. The molecule has 2 heterocycles. The molecule has 1 fully saturated rings. The number of aromatic nitrogens is 2. The summed E-state index contributed by atoms with van der Waals surface area (Å²) in [6.45, 7) is 3.86. The first-order valence-corrected chi connectivity index (χ1v) is 6.73. The van der Waals surface area contributed by atoms with Crippen molar-refractivity contribution in [3.05, 3.63) is 11.5 Å². The number of nitrogen functional groups attached to an aromatic ring is 1. The summed E-state index contributed by atoms with van der Waals surface area (Å²) in [6.07, 6.45) is 2.51. The van der Waals surface area contributed by atoms with Crippen LogP contribution < -0.4 is 5.73 Å².